The van der Waals surface area contributed by atoms with Gasteiger partial charge >= 0.3 is 0 Å². The normalized spacial score (nSPS) is 11.7. The number of aromatic nitrogens is 4. The Bertz CT molecular complexity index is 1090. The summed E-state index contributed by atoms with van der Waals surface area (Å²) in [6.07, 6.45) is 8.72. The number of aldehydes is 1. The highest BCUT2D eigenvalue weighted by atomic mass is 16.3. The van der Waals surface area contributed by atoms with Crippen molar-refractivity contribution in [3.8, 4) is 17.3 Å². The average molecular weight is 387 g/mol. The number of amides is 1. The molecule has 0 aliphatic carbocycles. The van der Waals surface area contributed by atoms with Crippen LogP contribution >= 0.6 is 0 Å². The maximum absolute atomic E-state index is 12.7. The second-order valence-electron chi connectivity index (χ2n) is 6.30. The molecular formula is C21H17N5O3. The van der Waals surface area contributed by atoms with Crippen LogP contribution in [0.1, 0.15) is 16.1 Å². The summed E-state index contributed by atoms with van der Waals surface area (Å²) in [7, 11) is 0. The third-order valence-corrected chi connectivity index (χ3v) is 4.32. The van der Waals surface area contributed by atoms with Crippen LogP contribution < -0.4 is 5.32 Å². The summed E-state index contributed by atoms with van der Waals surface area (Å²) in [6, 6.07) is 12.4. The summed E-state index contributed by atoms with van der Waals surface area (Å²) < 4.78 is 6.80. The molecule has 1 amide bonds. The standard InChI is InChI=1S/C21H17N5O3/c27-13-17(10-15-4-2-1-3-5-15)25-20(28)18-12-22-14-26(18)19-7-6-16(11-24-19)21-23-8-9-29-21/h1-9,11-14,17H,10H2,(H,25,28). The Labute approximate surface area is 166 Å². The Morgan fingerprint density at radius 2 is 2.00 bits per heavy atom. The third-order valence-electron chi connectivity index (χ3n) is 4.32. The molecule has 1 N–H and O–H groups in total. The fraction of sp³-hybridized carbons (Fsp3) is 0.0952. The van der Waals surface area contributed by atoms with Crippen LogP contribution in [0.4, 0.5) is 0 Å². The van der Waals surface area contributed by atoms with E-state index in [2.05, 4.69) is 20.3 Å². The number of nitrogens with zero attached hydrogens (tertiary/aromatic N) is 4. The summed E-state index contributed by atoms with van der Waals surface area (Å²) in [5.74, 6) is 0.560. The quantitative estimate of drug-likeness (QED) is 0.489. The summed E-state index contributed by atoms with van der Waals surface area (Å²) in [5, 5.41) is 2.74. The van der Waals surface area contributed by atoms with Gasteiger partial charge in [0.25, 0.3) is 5.91 Å². The van der Waals surface area contributed by atoms with Gasteiger partial charge in [0.2, 0.25) is 5.89 Å². The van der Waals surface area contributed by atoms with Gasteiger partial charge < -0.3 is 14.5 Å². The van der Waals surface area contributed by atoms with Gasteiger partial charge in [0.1, 0.15) is 30.4 Å². The molecule has 3 aromatic heterocycles. The molecule has 4 rings (SSSR count). The first kappa shape index (κ1) is 18.3. The van der Waals surface area contributed by atoms with Gasteiger partial charge in [0.15, 0.2) is 0 Å². The zero-order valence-corrected chi connectivity index (χ0v) is 15.3. The number of nitrogens with one attached hydrogen (secondary N) is 1. The van der Waals surface area contributed by atoms with Crippen molar-refractivity contribution in [3.63, 3.8) is 0 Å². The summed E-state index contributed by atoms with van der Waals surface area (Å²) in [4.78, 5) is 36.7. The molecule has 0 aliphatic heterocycles. The molecule has 29 heavy (non-hydrogen) atoms. The Balaban J connectivity index is 1.50. The van der Waals surface area contributed by atoms with Gasteiger partial charge in [-0.1, -0.05) is 30.3 Å². The molecule has 8 nitrogen and oxygen atoms in total. The monoisotopic (exact) mass is 387 g/mol. The smallest absolute Gasteiger partial charge is 0.270 e. The van der Waals surface area contributed by atoms with Crippen LogP contribution in [0, 0.1) is 0 Å². The average Bonchev–Trinajstić information content (AvgIpc) is 3.46. The van der Waals surface area contributed by atoms with Gasteiger partial charge in [-0.05, 0) is 24.1 Å². The van der Waals surface area contributed by atoms with Crippen molar-refractivity contribution in [1.29, 1.82) is 0 Å². The first-order valence-corrected chi connectivity index (χ1v) is 8.93. The number of imidazole rings is 1. The van der Waals surface area contributed by atoms with Gasteiger partial charge in [0, 0.05) is 6.20 Å². The number of oxazole rings is 1. The highest BCUT2D eigenvalue weighted by Crippen LogP contribution is 2.18. The topological polar surface area (TPSA) is 103 Å². The molecule has 0 spiro atoms. The Morgan fingerprint density at radius 1 is 1.14 bits per heavy atom. The second-order valence-corrected chi connectivity index (χ2v) is 6.30. The zero-order chi connectivity index (χ0) is 20.1. The molecule has 4 aromatic rings. The molecule has 0 aliphatic rings. The number of pyridine rings is 1. The number of rotatable bonds is 7. The van der Waals surface area contributed by atoms with Gasteiger partial charge in [-0.3, -0.25) is 9.36 Å². The maximum Gasteiger partial charge on any atom is 0.270 e. The highest BCUT2D eigenvalue weighted by molar-refractivity contribution is 5.94. The summed E-state index contributed by atoms with van der Waals surface area (Å²) >= 11 is 0. The van der Waals surface area contributed by atoms with Crippen LogP contribution in [0.5, 0.6) is 0 Å². The van der Waals surface area contributed by atoms with E-state index in [0.717, 1.165) is 11.8 Å². The van der Waals surface area contributed by atoms with Gasteiger partial charge in [-0.25, -0.2) is 15.0 Å². The number of carbonyl (C=O) groups is 2. The minimum atomic E-state index is -0.645. The Morgan fingerprint density at radius 3 is 2.69 bits per heavy atom. The van der Waals surface area contributed by atoms with E-state index < -0.39 is 11.9 Å². The van der Waals surface area contributed by atoms with Crippen LogP contribution in [-0.4, -0.2) is 37.8 Å². The fourth-order valence-corrected chi connectivity index (χ4v) is 2.91. The number of benzene rings is 1. The van der Waals surface area contributed by atoms with Gasteiger partial charge in [0.05, 0.1) is 24.0 Å². The molecular weight excluding hydrogens is 370 g/mol. The Hall–Kier alpha value is -4.07. The van der Waals surface area contributed by atoms with Crippen molar-refractivity contribution in [3.05, 3.63) is 84.9 Å². The van der Waals surface area contributed by atoms with E-state index in [9.17, 15) is 9.59 Å². The Kier molecular flexibility index (Phi) is 5.24. The van der Waals surface area contributed by atoms with Crippen LogP contribution in [0.25, 0.3) is 17.3 Å². The zero-order valence-electron chi connectivity index (χ0n) is 15.3. The molecule has 1 aromatic carbocycles. The van der Waals surface area contributed by atoms with E-state index in [4.69, 9.17) is 4.42 Å². The maximum atomic E-state index is 12.7. The molecule has 3 heterocycles. The van der Waals surface area contributed by atoms with Crippen molar-refractivity contribution in [2.24, 2.45) is 0 Å². The minimum absolute atomic E-state index is 0.279. The largest absolute Gasteiger partial charge is 0.444 e. The molecule has 8 heteroatoms. The molecule has 144 valence electrons. The van der Waals surface area contributed by atoms with E-state index in [1.54, 1.807) is 29.1 Å². The van der Waals surface area contributed by atoms with E-state index in [1.807, 2.05) is 30.3 Å². The molecule has 0 saturated carbocycles. The van der Waals surface area contributed by atoms with Crippen LogP contribution in [0.3, 0.4) is 0 Å². The highest BCUT2D eigenvalue weighted by Gasteiger charge is 2.18. The van der Waals surface area contributed by atoms with Crippen molar-refractivity contribution >= 4 is 12.2 Å². The van der Waals surface area contributed by atoms with Crippen molar-refractivity contribution in [2.45, 2.75) is 12.5 Å². The summed E-state index contributed by atoms with van der Waals surface area (Å²) in [6.45, 7) is 0. The molecule has 0 bridgehead atoms. The molecule has 1 atom stereocenters. The van der Waals surface area contributed by atoms with Crippen LogP contribution in [-0.2, 0) is 11.2 Å². The fourth-order valence-electron chi connectivity index (χ4n) is 2.91. The van der Waals surface area contributed by atoms with Crippen molar-refractivity contribution in [1.82, 2.24) is 24.8 Å². The number of carbonyl (C=O) groups excluding carboxylic acids is 2. The van der Waals surface area contributed by atoms with E-state index in [-0.39, 0.29) is 5.69 Å². The first-order chi connectivity index (χ1) is 14.2. The lowest BCUT2D eigenvalue weighted by Gasteiger charge is -2.14. The van der Waals surface area contributed by atoms with Crippen molar-refractivity contribution in [2.75, 3.05) is 0 Å². The molecule has 0 saturated heterocycles. The van der Waals surface area contributed by atoms with Gasteiger partial charge in [-0.15, -0.1) is 0 Å². The summed E-state index contributed by atoms with van der Waals surface area (Å²) in [5.41, 5.74) is 1.96. The lowest BCUT2D eigenvalue weighted by atomic mass is 10.1. The predicted octanol–water partition coefficient (Wildman–Crippen LogP) is 2.46. The van der Waals surface area contributed by atoms with E-state index >= 15 is 0 Å². The molecule has 0 fully saturated rings. The minimum Gasteiger partial charge on any atom is -0.444 e. The van der Waals surface area contributed by atoms with E-state index in [0.29, 0.717) is 23.7 Å². The second kappa shape index (κ2) is 8.30. The van der Waals surface area contributed by atoms with Gasteiger partial charge in [-0.2, -0.15) is 0 Å². The third kappa shape index (κ3) is 4.11. The predicted molar refractivity (Wildman–Crippen MR) is 104 cm³/mol. The van der Waals surface area contributed by atoms with Crippen LogP contribution in [0.2, 0.25) is 0 Å². The number of hydrogen-bond acceptors (Lipinski definition) is 6. The lowest BCUT2D eigenvalue weighted by Crippen LogP contribution is -2.38. The van der Waals surface area contributed by atoms with Crippen LogP contribution in [0.15, 0.2) is 78.1 Å². The lowest BCUT2D eigenvalue weighted by molar-refractivity contribution is -0.109. The van der Waals surface area contributed by atoms with E-state index in [1.165, 1.54) is 18.8 Å². The molecule has 0 radical (unpaired) electrons. The SMILES string of the molecule is O=CC(Cc1ccccc1)NC(=O)c1cncn1-c1ccc(-c2ncco2)cn1. The number of hydrogen-bond donors (Lipinski definition) is 1. The van der Waals surface area contributed by atoms with Crippen molar-refractivity contribution < 1.29 is 14.0 Å². The first-order valence-electron chi connectivity index (χ1n) is 8.93. The molecule has 1 unspecified atom stereocenters.